The van der Waals surface area contributed by atoms with Crippen LogP contribution in [0.5, 0.6) is 11.5 Å². The van der Waals surface area contributed by atoms with E-state index in [0.29, 0.717) is 36.3 Å². The summed E-state index contributed by atoms with van der Waals surface area (Å²) in [6.07, 6.45) is 6.41. The van der Waals surface area contributed by atoms with Crippen molar-refractivity contribution in [2.45, 2.75) is 64.4 Å². The number of ether oxygens (including phenoxy) is 3. The third-order valence-electron chi connectivity index (χ3n) is 6.72. The van der Waals surface area contributed by atoms with E-state index in [0.717, 1.165) is 35.5 Å². The van der Waals surface area contributed by atoms with Crippen LogP contribution < -0.4 is 15.2 Å². The third kappa shape index (κ3) is 5.51. The second-order valence-electron chi connectivity index (χ2n) is 9.91. The summed E-state index contributed by atoms with van der Waals surface area (Å²) in [6.45, 7) is 4.59. The smallest absolute Gasteiger partial charge is 0.166 e. The molecule has 3 aliphatic rings. The summed E-state index contributed by atoms with van der Waals surface area (Å²) in [5.41, 5.74) is 7.76. The fourth-order valence-corrected chi connectivity index (χ4v) is 4.54. The van der Waals surface area contributed by atoms with E-state index in [2.05, 4.69) is 9.97 Å². The van der Waals surface area contributed by atoms with Crippen LogP contribution in [0.1, 0.15) is 56.5 Å². The van der Waals surface area contributed by atoms with E-state index in [9.17, 15) is 4.39 Å². The first kappa shape index (κ1) is 25.0. The number of anilines is 1. The molecule has 0 amide bonds. The molecule has 9 heteroatoms. The number of nitrogen functional groups attached to an aromatic ring is 1. The predicted molar refractivity (Wildman–Crippen MR) is 138 cm³/mol. The molecule has 8 nitrogen and oxygen atoms in total. The minimum Gasteiger partial charge on any atom is -0.493 e. The second-order valence-corrected chi connectivity index (χ2v) is 9.91. The molecule has 2 aliphatic heterocycles. The normalized spacial score (nSPS) is 14.4. The fraction of sp³-hybridized carbons (Fsp3) is 0.393. The van der Waals surface area contributed by atoms with E-state index in [1.165, 1.54) is 25.0 Å². The van der Waals surface area contributed by atoms with Crippen LogP contribution >= 0.6 is 0 Å². The van der Waals surface area contributed by atoms with Crippen molar-refractivity contribution in [3.63, 3.8) is 0 Å². The molecule has 5 rings (SSSR count). The number of nitrogens with zero attached hydrogens (tertiary/aromatic N) is 4. The zero-order valence-electron chi connectivity index (χ0n) is 21.4. The number of aromatic nitrogens is 4. The first-order valence-corrected chi connectivity index (χ1v) is 12.5. The Labute approximate surface area is 216 Å². The Morgan fingerprint density at radius 3 is 2.49 bits per heavy atom. The number of hydrogen-bond donors (Lipinski definition) is 1. The van der Waals surface area contributed by atoms with E-state index in [1.54, 1.807) is 25.6 Å². The SMILES string of the molecule is COc1ccc(Cn2cnc(N)c3nc(C(C)(C)OCc4ccc(F)cc4)nc2-3)cc1OC1CCCC1. The number of hydrogen-bond acceptors (Lipinski definition) is 7. The van der Waals surface area contributed by atoms with Crippen molar-refractivity contribution in [2.24, 2.45) is 0 Å². The monoisotopic (exact) mass is 505 g/mol. The lowest BCUT2D eigenvalue weighted by molar-refractivity contribution is -0.0393. The molecular formula is C28H32FN5O3. The van der Waals surface area contributed by atoms with Crippen molar-refractivity contribution in [3.05, 3.63) is 71.6 Å². The van der Waals surface area contributed by atoms with Crippen LogP contribution in [0.25, 0.3) is 11.5 Å². The second kappa shape index (κ2) is 10.3. The molecule has 0 bridgehead atoms. The first-order valence-electron chi connectivity index (χ1n) is 12.5. The molecule has 0 saturated heterocycles. The topological polar surface area (TPSA) is 97.3 Å². The molecule has 2 aromatic carbocycles. The summed E-state index contributed by atoms with van der Waals surface area (Å²) in [5.74, 6) is 2.61. The molecule has 0 atom stereocenters. The zero-order chi connectivity index (χ0) is 26.0. The number of fused-ring (bicyclic) bond motifs is 1. The number of methoxy groups -OCH3 is 1. The molecule has 0 aromatic heterocycles. The van der Waals surface area contributed by atoms with Crippen molar-refractivity contribution in [1.82, 2.24) is 19.5 Å². The molecule has 2 N–H and O–H groups in total. The third-order valence-corrected chi connectivity index (χ3v) is 6.72. The van der Waals surface area contributed by atoms with Crippen LogP contribution in [0, 0.1) is 5.82 Å². The average Bonchev–Trinajstić information content (AvgIpc) is 3.57. The van der Waals surface area contributed by atoms with Gasteiger partial charge < -0.3 is 24.5 Å². The quantitative estimate of drug-likeness (QED) is 0.328. The molecule has 37 heavy (non-hydrogen) atoms. The van der Waals surface area contributed by atoms with Crippen LogP contribution in [0.15, 0.2) is 48.8 Å². The Morgan fingerprint density at radius 2 is 1.76 bits per heavy atom. The standard InChI is InChI=1S/C28H32FN5O3/c1-28(2,36-16-18-8-11-20(29)12-9-18)27-32-24-25(30)31-17-34(26(24)33-27)15-19-10-13-22(35-3)23(14-19)37-21-6-4-5-7-21/h8-14,17,21H,4-7,15-16,30H2,1-3H3. The summed E-state index contributed by atoms with van der Waals surface area (Å²) in [7, 11) is 1.65. The lowest BCUT2D eigenvalue weighted by Gasteiger charge is -2.22. The van der Waals surface area contributed by atoms with E-state index in [1.807, 2.05) is 36.6 Å². The van der Waals surface area contributed by atoms with Crippen molar-refractivity contribution >= 4 is 5.82 Å². The van der Waals surface area contributed by atoms with E-state index < -0.39 is 5.60 Å². The lowest BCUT2D eigenvalue weighted by Crippen LogP contribution is -2.23. The highest BCUT2D eigenvalue weighted by Gasteiger charge is 2.30. The maximum atomic E-state index is 13.2. The van der Waals surface area contributed by atoms with E-state index >= 15 is 0 Å². The van der Waals surface area contributed by atoms with Crippen LogP contribution in [0.2, 0.25) is 0 Å². The van der Waals surface area contributed by atoms with Gasteiger partial charge in [0, 0.05) is 0 Å². The Morgan fingerprint density at radius 1 is 1.03 bits per heavy atom. The van der Waals surface area contributed by atoms with Gasteiger partial charge in [0.2, 0.25) is 0 Å². The van der Waals surface area contributed by atoms with Crippen molar-refractivity contribution < 1.29 is 18.6 Å². The number of halogens is 1. The largest absolute Gasteiger partial charge is 0.493 e. The van der Waals surface area contributed by atoms with E-state index in [-0.39, 0.29) is 11.9 Å². The number of nitrogens with two attached hydrogens (primary N) is 1. The maximum Gasteiger partial charge on any atom is 0.166 e. The molecule has 0 spiro atoms. The summed E-state index contributed by atoms with van der Waals surface area (Å²) in [4.78, 5) is 13.8. The summed E-state index contributed by atoms with van der Waals surface area (Å²) < 4.78 is 33.1. The van der Waals surface area contributed by atoms with Gasteiger partial charge in [-0.1, -0.05) is 18.2 Å². The number of benzene rings is 2. The fourth-order valence-electron chi connectivity index (χ4n) is 4.54. The molecule has 2 aromatic rings. The maximum absolute atomic E-state index is 13.2. The zero-order valence-corrected chi connectivity index (χ0v) is 21.4. The van der Waals surface area contributed by atoms with Gasteiger partial charge in [-0.3, -0.25) is 0 Å². The van der Waals surface area contributed by atoms with Crippen molar-refractivity contribution in [1.29, 1.82) is 0 Å². The highest BCUT2D eigenvalue weighted by Crippen LogP contribution is 2.34. The van der Waals surface area contributed by atoms with Gasteiger partial charge in [-0.15, -0.1) is 0 Å². The molecule has 2 heterocycles. The van der Waals surface area contributed by atoms with Crippen LogP contribution in [0.4, 0.5) is 10.2 Å². The minimum atomic E-state index is -0.805. The van der Waals surface area contributed by atoms with E-state index in [4.69, 9.17) is 24.9 Å². The van der Waals surface area contributed by atoms with Gasteiger partial charge in [0.1, 0.15) is 11.4 Å². The molecule has 194 valence electrons. The number of imidazole rings is 1. The highest BCUT2D eigenvalue weighted by atomic mass is 19.1. The van der Waals surface area contributed by atoms with Gasteiger partial charge in [-0.25, -0.2) is 19.3 Å². The van der Waals surface area contributed by atoms with Gasteiger partial charge in [-0.2, -0.15) is 0 Å². The minimum absolute atomic E-state index is 0.224. The number of rotatable bonds is 9. The molecule has 0 radical (unpaired) electrons. The Hall–Kier alpha value is -3.72. The Balaban J connectivity index is 1.39. The molecule has 1 saturated carbocycles. The summed E-state index contributed by atoms with van der Waals surface area (Å²) in [5, 5.41) is 0. The van der Waals surface area contributed by atoms with Gasteiger partial charge in [0.05, 0.1) is 32.7 Å². The van der Waals surface area contributed by atoms with Gasteiger partial charge in [-0.05, 0) is 74.9 Å². The molecule has 1 fully saturated rings. The first-order chi connectivity index (χ1) is 17.8. The lowest BCUT2D eigenvalue weighted by atomic mass is 10.1. The summed E-state index contributed by atoms with van der Waals surface area (Å²) in [6, 6.07) is 12.2. The molecule has 0 unspecified atom stereocenters. The van der Waals surface area contributed by atoms with Crippen molar-refractivity contribution in [3.8, 4) is 23.0 Å². The Bertz CT molecular complexity index is 1330. The van der Waals surface area contributed by atoms with Crippen LogP contribution in [0.3, 0.4) is 0 Å². The summed E-state index contributed by atoms with van der Waals surface area (Å²) >= 11 is 0. The predicted octanol–water partition coefficient (Wildman–Crippen LogP) is 5.33. The highest BCUT2D eigenvalue weighted by molar-refractivity contribution is 5.65. The Kier molecular flexibility index (Phi) is 6.97. The van der Waals surface area contributed by atoms with Crippen LogP contribution in [-0.4, -0.2) is 32.7 Å². The van der Waals surface area contributed by atoms with Crippen LogP contribution in [-0.2, 0) is 23.5 Å². The molecular weight excluding hydrogens is 473 g/mol. The average molecular weight is 506 g/mol. The van der Waals surface area contributed by atoms with Gasteiger partial charge in [0.25, 0.3) is 0 Å². The van der Waals surface area contributed by atoms with Gasteiger partial charge in [0.15, 0.2) is 34.7 Å². The molecule has 1 aliphatic carbocycles. The van der Waals surface area contributed by atoms with Crippen molar-refractivity contribution in [2.75, 3.05) is 12.8 Å². The van der Waals surface area contributed by atoms with Gasteiger partial charge >= 0.3 is 0 Å².